The number of hydrogen-bond acceptors (Lipinski definition) is 2. The average Bonchev–Trinajstić information content (AvgIpc) is 2.15. The second-order valence-electron chi connectivity index (χ2n) is 2.68. The highest BCUT2D eigenvalue weighted by Gasteiger charge is 2.35. The van der Waals surface area contributed by atoms with E-state index in [1.165, 1.54) is 24.3 Å². The molecule has 0 saturated carbocycles. The van der Waals surface area contributed by atoms with Gasteiger partial charge in [-0.3, -0.25) is 0 Å². The highest BCUT2D eigenvalue weighted by Crippen LogP contribution is 2.36. The molecule has 1 unspecified atom stereocenters. The van der Waals surface area contributed by atoms with Gasteiger partial charge in [-0.25, -0.2) is 0 Å². The van der Waals surface area contributed by atoms with Crippen LogP contribution in [0.5, 0.6) is 0 Å². The summed E-state index contributed by atoms with van der Waals surface area (Å²) >= 11 is 0.876. The van der Waals surface area contributed by atoms with Gasteiger partial charge in [0.2, 0.25) is 0 Å². The number of halogens is 3. The van der Waals surface area contributed by atoms with E-state index in [-0.39, 0.29) is 5.56 Å². The molecule has 2 nitrogen and oxygen atoms in total. The normalized spacial score (nSPS) is 13.4. The summed E-state index contributed by atoms with van der Waals surface area (Å²) in [6.07, 6.45) is -1.84. The number of aliphatic hydroxyl groups is 1. The molecule has 14 heavy (non-hydrogen) atoms. The van der Waals surface area contributed by atoms with Crippen LogP contribution in [0.25, 0.3) is 0 Å². The molecule has 0 spiro atoms. The molecule has 1 aromatic rings. The number of nitriles is 1. The molecule has 0 aliphatic heterocycles. The summed E-state index contributed by atoms with van der Waals surface area (Å²) in [4.78, 5) is 0. The number of rotatable bonds is 2. The number of aliphatic hydroxyl groups excluding tert-OH is 1. The molecule has 1 aromatic carbocycles. The van der Waals surface area contributed by atoms with E-state index in [9.17, 15) is 13.9 Å². The quantitative estimate of drug-likeness (QED) is 0.674. The molecule has 0 amide bonds. The van der Waals surface area contributed by atoms with Gasteiger partial charge in [-0.1, -0.05) is 12.1 Å². The Bertz CT molecular complexity index is 353. The van der Waals surface area contributed by atoms with Crippen LogP contribution in [0, 0.1) is 11.3 Å². The zero-order chi connectivity index (χ0) is 10.8. The molecule has 0 saturated heterocycles. The van der Waals surface area contributed by atoms with Gasteiger partial charge < -0.3 is 5.11 Å². The van der Waals surface area contributed by atoms with Crippen molar-refractivity contribution in [2.24, 2.45) is 0 Å². The van der Waals surface area contributed by atoms with Crippen molar-refractivity contribution < 1.29 is 13.9 Å². The third kappa shape index (κ3) is 2.62. The largest absolute Gasteiger partial charge is 0.381 e. The van der Waals surface area contributed by atoms with Gasteiger partial charge in [0.15, 0.2) is 6.10 Å². The van der Waals surface area contributed by atoms with Crippen LogP contribution in [0.2, 0.25) is 0 Å². The maximum Gasteiger partial charge on any atom is 0.325 e. The number of nitrogens with zero attached hydrogens (tertiary/aromatic N) is 1. The smallest absolute Gasteiger partial charge is 0.325 e. The van der Waals surface area contributed by atoms with E-state index < -0.39 is 10.0 Å². The standard InChI is InChI=1S/C9H6F2INO/c10-9(11,12)8(14)7-3-1-6(5-13)2-4-7/h1-4,8,14H. The third-order valence-corrected chi connectivity index (χ3v) is 2.26. The van der Waals surface area contributed by atoms with E-state index in [0.717, 1.165) is 22.6 Å². The van der Waals surface area contributed by atoms with E-state index in [4.69, 9.17) is 5.26 Å². The van der Waals surface area contributed by atoms with Crippen LogP contribution in [-0.4, -0.2) is 9.04 Å². The molecule has 0 aliphatic rings. The van der Waals surface area contributed by atoms with Crippen LogP contribution in [0.1, 0.15) is 17.2 Å². The van der Waals surface area contributed by atoms with Crippen molar-refractivity contribution in [3.63, 3.8) is 0 Å². The summed E-state index contributed by atoms with van der Waals surface area (Å²) in [5.74, 6) is 0. The maximum absolute atomic E-state index is 12.7. The Morgan fingerprint density at radius 2 is 1.86 bits per heavy atom. The topological polar surface area (TPSA) is 44.0 Å². The van der Waals surface area contributed by atoms with Gasteiger partial charge in [0.25, 0.3) is 0 Å². The minimum atomic E-state index is -3.20. The second-order valence-corrected chi connectivity index (χ2v) is 4.12. The Morgan fingerprint density at radius 1 is 1.36 bits per heavy atom. The Morgan fingerprint density at radius 3 is 2.21 bits per heavy atom. The highest BCUT2D eigenvalue weighted by molar-refractivity contribution is 14.1. The lowest BCUT2D eigenvalue weighted by Gasteiger charge is -2.16. The fourth-order valence-corrected chi connectivity index (χ4v) is 1.29. The molecule has 1 N–H and O–H groups in total. The van der Waals surface area contributed by atoms with Crippen LogP contribution >= 0.6 is 22.6 Å². The minimum Gasteiger partial charge on any atom is -0.381 e. The van der Waals surface area contributed by atoms with Crippen molar-refractivity contribution in [3.05, 3.63) is 35.4 Å². The van der Waals surface area contributed by atoms with E-state index in [1.807, 2.05) is 6.07 Å². The molecule has 74 valence electrons. The number of alkyl halides is 3. The van der Waals surface area contributed by atoms with Gasteiger partial charge >= 0.3 is 3.93 Å². The van der Waals surface area contributed by atoms with Gasteiger partial charge in [-0.15, -0.1) is 0 Å². The SMILES string of the molecule is N#Cc1ccc(C(O)C(F)(F)I)cc1. The predicted octanol–water partition coefficient (Wildman–Crippen LogP) is 2.62. The molecular weight excluding hydrogens is 303 g/mol. The average molecular weight is 309 g/mol. The molecular formula is C9H6F2INO. The minimum absolute atomic E-state index is 0.100. The second kappa shape index (κ2) is 4.19. The Labute approximate surface area is 93.3 Å². The van der Waals surface area contributed by atoms with E-state index >= 15 is 0 Å². The van der Waals surface area contributed by atoms with Crippen LogP contribution in [0.15, 0.2) is 24.3 Å². The fraction of sp³-hybridized carbons (Fsp3) is 0.222. The van der Waals surface area contributed by atoms with Gasteiger partial charge in [0.1, 0.15) is 0 Å². The summed E-state index contributed by atoms with van der Waals surface area (Å²) in [7, 11) is 0. The Kier molecular flexibility index (Phi) is 3.39. The van der Waals surface area contributed by atoms with Crippen molar-refractivity contribution in [2.75, 3.05) is 0 Å². The fourth-order valence-electron chi connectivity index (χ4n) is 0.929. The van der Waals surface area contributed by atoms with Crippen molar-refractivity contribution >= 4 is 22.6 Å². The van der Waals surface area contributed by atoms with Gasteiger partial charge in [-0.2, -0.15) is 14.0 Å². The van der Waals surface area contributed by atoms with E-state index in [2.05, 4.69) is 0 Å². The van der Waals surface area contributed by atoms with Crippen molar-refractivity contribution in [2.45, 2.75) is 10.0 Å². The molecule has 1 rings (SSSR count). The van der Waals surface area contributed by atoms with Gasteiger partial charge in [0, 0.05) is 22.6 Å². The summed E-state index contributed by atoms with van der Waals surface area (Å²) in [6.45, 7) is 0. The molecule has 0 heterocycles. The Balaban J connectivity index is 2.94. The summed E-state index contributed by atoms with van der Waals surface area (Å²) in [5, 5.41) is 17.6. The molecule has 0 fully saturated rings. The summed E-state index contributed by atoms with van der Waals surface area (Å²) in [6, 6.07) is 7.27. The number of benzene rings is 1. The maximum atomic E-state index is 12.7. The zero-order valence-corrected chi connectivity index (χ0v) is 9.07. The van der Waals surface area contributed by atoms with E-state index in [0.29, 0.717) is 5.56 Å². The third-order valence-electron chi connectivity index (χ3n) is 1.67. The van der Waals surface area contributed by atoms with Crippen molar-refractivity contribution in [1.29, 1.82) is 5.26 Å². The molecule has 5 heteroatoms. The predicted molar refractivity (Wildman–Crippen MR) is 55.1 cm³/mol. The van der Waals surface area contributed by atoms with Gasteiger partial charge in [-0.05, 0) is 17.7 Å². The Hall–Kier alpha value is -0.740. The van der Waals surface area contributed by atoms with Crippen molar-refractivity contribution in [3.8, 4) is 6.07 Å². The van der Waals surface area contributed by atoms with E-state index in [1.54, 1.807) is 0 Å². The lowest BCUT2D eigenvalue weighted by molar-refractivity contribution is -0.0206. The molecule has 1 atom stereocenters. The number of hydrogen-bond donors (Lipinski definition) is 1. The lowest BCUT2D eigenvalue weighted by atomic mass is 10.1. The van der Waals surface area contributed by atoms with Crippen LogP contribution in [-0.2, 0) is 0 Å². The summed E-state index contributed by atoms with van der Waals surface area (Å²) in [5.41, 5.74) is 0.473. The molecule has 0 aromatic heterocycles. The van der Waals surface area contributed by atoms with Crippen molar-refractivity contribution in [1.82, 2.24) is 0 Å². The first-order valence-corrected chi connectivity index (χ1v) is 4.78. The zero-order valence-electron chi connectivity index (χ0n) is 6.92. The first kappa shape index (κ1) is 11.3. The van der Waals surface area contributed by atoms with Crippen LogP contribution in [0.4, 0.5) is 8.78 Å². The first-order valence-electron chi connectivity index (χ1n) is 3.70. The highest BCUT2D eigenvalue weighted by atomic mass is 127. The van der Waals surface area contributed by atoms with Crippen LogP contribution in [0.3, 0.4) is 0 Å². The van der Waals surface area contributed by atoms with Crippen LogP contribution < -0.4 is 0 Å². The first-order chi connectivity index (χ1) is 6.45. The molecule has 0 radical (unpaired) electrons. The lowest BCUT2D eigenvalue weighted by Crippen LogP contribution is -2.17. The summed E-state index contributed by atoms with van der Waals surface area (Å²) < 4.78 is 22.1. The van der Waals surface area contributed by atoms with Gasteiger partial charge in [0.05, 0.1) is 11.6 Å². The molecule has 0 aliphatic carbocycles. The monoisotopic (exact) mass is 309 g/mol. The molecule has 0 bridgehead atoms.